The molecule has 2 heterocycles. The summed E-state index contributed by atoms with van der Waals surface area (Å²) in [5, 5.41) is 4.38. The molecule has 3 aromatic rings. The van der Waals surface area contributed by atoms with E-state index in [-0.39, 0.29) is 11.7 Å². The van der Waals surface area contributed by atoms with Gasteiger partial charge in [0.2, 0.25) is 0 Å². The highest BCUT2D eigenvalue weighted by Gasteiger charge is 2.14. The quantitative estimate of drug-likeness (QED) is 0.733. The summed E-state index contributed by atoms with van der Waals surface area (Å²) >= 11 is 0. The van der Waals surface area contributed by atoms with Gasteiger partial charge in [0.1, 0.15) is 5.82 Å². The van der Waals surface area contributed by atoms with Gasteiger partial charge in [0, 0.05) is 25.5 Å². The van der Waals surface area contributed by atoms with Crippen LogP contribution >= 0.6 is 0 Å². The highest BCUT2D eigenvalue weighted by molar-refractivity contribution is 5.93. The van der Waals surface area contributed by atoms with Crippen molar-refractivity contribution >= 4 is 5.91 Å². The first-order valence-corrected chi connectivity index (χ1v) is 7.93. The lowest BCUT2D eigenvalue weighted by molar-refractivity contribution is 0.0784. The maximum atomic E-state index is 13.3. The van der Waals surface area contributed by atoms with E-state index >= 15 is 0 Å². The molecule has 0 aliphatic carbocycles. The molecule has 0 fully saturated rings. The molecule has 0 spiro atoms. The average Bonchev–Trinajstić information content (AvgIpc) is 2.92. The van der Waals surface area contributed by atoms with Crippen molar-refractivity contribution in [1.29, 1.82) is 0 Å². The molecule has 0 N–H and O–H groups in total. The number of nitrogens with zero attached hydrogens (tertiary/aromatic N) is 4. The second kappa shape index (κ2) is 6.84. The van der Waals surface area contributed by atoms with Gasteiger partial charge in [0.05, 0.1) is 11.3 Å². The summed E-state index contributed by atoms with van der Waals surface area (Å²) in [6, 6.07) is 11.7. The first-order chi connectivity index (χ1) is 11.9. The standard InChI is InChI=1S/C19H19FN4O/c1-13-9-14(2)24(22-13)18-8-7-16(11-21-18)19(25)23(3)12-15-5-4-6-17(20)10-15/h4-11H,12H2,1-3H3. The van der Waals surface area contributed by atoms with Crippen LogP contribution in [0.4, 0.5) is 4.39 Å². The highest BCUT2D eigenvalue weighted by Crippen LogP contribution is 2.13. The van der Waals surface area contributed by atoms with E-state index in [0.717, 1.165) is 17.0 Å². The highest BCUT2D eigenvalue weighted by atomic mass is 19.1. The molecule has 0 aliphatic heterocycles. The van der Waals surface area contributed by atoms with Gasteiger partial charge in [0.25, 0.3) is 5.91 Å². The minimum absolute atomic E-state index is 0.170. The minimum Gasteiger partial charge on any atom is -0.337 e. The van der Waals surface area contributed by atoms with Gasteiger partial charge in [-0.05, 0) is 49.7 Å². The number of hydrogen-bond acceptors (Lipinski definition) is 3. The van der Waals surface area contributed by atoms with E-state index < -0.39 is 0 Å². The fraction of sp³-hybridized carbons (Fsp3) is 0.211. The molecular formula is C19H19FN4O. The summed E-state index contributed by atoms with van der Waals surface area (Å²) in [5.74, 6) is 0.181. The number of halogens is 1. The van der Waals surface area contributed by atoms with Crippen LogP contribution in [0.5, 0.6) is 0 Å². The lowest BCUT2D eigenvalue weighted by Crippen LogP contribution is -2.26. The molecule has 0 saturated heterocycles. The van der Waals surface area contributed by atoms with Gasteiger partial charge in [-0.2, -0.15) is 5.10 Å². The van der Waals surface area contributed by atoms with Crippen molar-refractivity contribution in [2.45, 2.75) is 20.4 Å². The molecule has 3 rings (SSSR count). The lowest BCUT2D eigenvalue weighted by atomic mass is 10.2. The van der Waals surface area contributed by atoms with Gasteiger partial charge in [-0.3, -0.25) is 4.79 Å². The molecular weight excluding hydrogens is 319 g/mol. The van der Waals surface area contributed by atoms with Crippen LogP contribution in [0.2, 0.25) is 0 Å². The van der Waals surface area contributed by atoms with E-state index in [2.05, 4.69) is 10.1 Å². The number of amides is 1. The number of aryl methyl sites for hydroxylation is 2. The van der Waals surface area contributed by atoms with E-state index in [4.69, 9.17) is 0 Å². The molecule has 2 aromatic heterocycles. The maximum absolute atomic E-state index is 13.3. The smallest absolute Gasteiger partial charge is 0.255 e. The van der Waals surface area contributed by atoms with Crippen LogP contribution in [-0.2, 0) is 6.54 Å². The predicted molar refractivity (Wildman–Crippen MR) is 93.0 cm³/mol. The van der Waals surface area contributed by atoms with Crippen LogP contribution in [0.25, 0.3) is 5.82 Å². The number of rotatable bonds is 4. The van der Waals surface area contributed by atoms with E-state index in [0.29, 0.717) is 17.9 Å². The van der Waals surface area contributed by atoms with Crippen LogP contribution in [-0.4, -0.2) is 32.6 Å². The Bertz CT molecular complexity index is 902. The zero-order valence-electron chi connectivity index (χ0n) is 14.4. The number of pyridine rings is 1. The number of benzene rings is 1. The van der Waals surface area contributed by atoms with Crippen LogP contribution in [0.3, 0.4) is 0 Å². The predicted octanol–water partition coefficient (Wildman–Crippen LogP) is 3.30. The second-order valence-corrected chi connectivity index (χ2v) is 6.04. The number of carbonyl (C=O) groups is 1. The number of carbonyl (C=O) groups excluding carboxylic acids is 1. The molecule has 0 saturated carbocycles. The summed E-state index contributed by atoms with van der Waals surface area (Å²) in [7, 11) is 1.68. The molecule has 0 aliphatic rings. The van der Waals surface area contributed by atoms with Crippen molar-refractivity contribution in [1.82, 2.24) is 19.7 Å². The zero-order chi connectivity index (χ0) is 18.0. The molecule has 0 radical (unpaired) electrons. The summed E-state index contributed by atoms with van der Waals surface area (Å²) in [4.78, 5) is 18.4. The van der Waals surface area contributed by atoms with Crippen LogP contribution in [0.15, 0.2) is 48.7 Å². The van der Waals surface area contributed by atoms with Crippen molar-refractivity contribution in [3.05, 3.63) is 77.0 Å². The fourth-order valence-corrected chi connectivity index (χ4v) is 2.70. The number of aromatic nitrogens is 3. The third-order valence-corrected chi connectivity index (χ3v) is 3.88. The molecule has 25 heavy (non-hydrogen) atoms. The van der Waals surface area contributed by atoms with Gasteiger partial charge < -0.3 is 4.90 Å². The van der Waals surface area contributed by atoms with E-state index in [1.807, 2.05) is 19.9 Å². The minimum atomic E-state index is -0.311. The van der Waals surface area contributed by atoms with Crippen molar-refractivity contribution in [2.24, 2.45) is 0 Å². The topological polar surface area (TPSA) is 51.0 Å². The Balaban J connectivity index is 1.75. The van der Waals surface area contributed by atoms with E-state index in [1.54, 1.807) is 36.0 Å². The van der Waals surface area contributed by atoms with Gasteiger partial charge in [-0.15, -0.1) is 0 Å². The maximum Gasteiger partial charge on any atom is 0.255 e. The van der Waals surface area contributed by atoms with Crippen LogP contribution in [0.1, 0.15) is 27.3 Å². The Kier molecular flexibility index (Phi) is 4.61. The van der Waals surface area contributed by atoms with E-state index in [9.17, 15) is 9.18 Å². The molecule has 0 atom stereocenters. The molecule has 0 unspecified atom stereocenters. The second-order valence-electron chi connectivity index (χ2n) is 6.04. The monoisotopic (exact) mass is 338 g/mol. The fourth-order valence-electron chi connectivity index (χ4n) is 2.70. The van der Waals surface area contributed by atoms with Gasteiger partial charge >= 0.3 is 0 Å². The Labute approximate surface area is 145 Å². The summed E-state index contributed by atoms with van der Waals surface area (Å²) in [5.41, 5.74) is 3.11. The van der Waals surface area contributed by atoms with Crippen molar-refractivity contribution < 1.29 is 9.18 Å². The van der Waals surface area contributed by atoms with E-state index in [1.165, 1.54) is 23.2 Å². The Morgan fingerprint density at radius 3 is 2.60 bits per heavy atom. The van der Waals surface area contributed by atoms with Crippen molar-refractivity contribution in [3.8, 4) is 5.82 Å². The molecule has 1 amide bonds. The number of hydrogen-bond donors (Lipinski definition) is 0. The molecule has 128 valence electrons. The Hall–Kier alpha value is -3.02. The largest absolute Gasteiger partial charge is 0.337 e. The van der Waals surface area contributed by atoms with Gasteiger partial charge in [-0.25, -0.2) is 14.1 Å². The SMILES string of the molecule is Cc1cc(C)n(-c2ccc(C(=O)N(C)Cc3cccc(F)c3)cn2)n1. The summed E-state index contributed by atoms with van der Waals surface area (Å²) in [6.45, 7) is 4.20. The third kappa shape index (κ3) is 3.74. The first-order valence-electron chi connectivity index (χ1n) is 7.93. The zero-order valence-corrected chi connectivity index (χ0v) is 14.4. The van der Waals surface area contributed by atoms with Crippen molar-refractivity contribution in [3.63, 3.8) is 0 Å². The van der Waals surface area contributed by atoms with Gasteiger partial charge in [-0.1, -0.05) is 12.1 Å². The van der Waals surface area contributed by atoms with Crippen LogP contribution < -0.4 is 0 Å². The summed E-state index contributed by atoms with van der Waals surface area (Å²) in [6.07, 6.45) is 1.54. The molecule has 1 aromatic carbocycles. The normalized spacial score (nSPS) is 10.7. The summed E-state index contributed by atoms with van der Waals surface area (Å²) < 4.78 is 15.0. The first kappa shape index (κ1) is 16.8. The Morgan fingerprint density at radius 2 is 2.00 bits per heavy atom. The molecule has 6 heteroatoms. The van der Waals surface area contributed by atoms with Crippen LogP contribution in [0, 0.1) is 19.7 Å². The average molecular weight is 338 g/mol. The van der Waals surface area contributed by atoms with Crippen molar-refractivity contribution in [2.75, 3.05) is 7.05 Å². The van der Waals surface area contributed by atoms with Gasteiger partial charge in [0.15, 0.2) is 5.82 Å². The molecule has 0 bridgehead atoms. The third-order valence-electron chi connectivity index (χ3n) is 3.88. The Morgan fingerprint density at radius 1 is 1.20 bits per heavy atom. The lowest BCUT2D eigenvalue weighted by Gasteiger charge is -2.17. The molecule has 5 nitrogen and oxygen atoms in total.